The topological polar surface area (TPSA) is 48.8 Å². The minimum atomic E-state index is -4.82. The number of benzene rings is 1. The Hall–Kier alpha value is -3.16. The van der Waals surface area contributed by atoms with Crippen molar-refractivity contribution in [1.29, 1.82) is 0 Å². The summed E-state index contributed by atoms with van der Waals surface area (Å²) in [5, 5.41) is 0. The van der Waals surface area contributed by atoms with Crippen LogP contribution in [0.1, 0.15) is 30.4 Å². The van der Waals surface area contributed by atoms with Crippen molar-refractivity contribution in [2.45, 2.75) is 25.4 Å². The van der Waals surface area contributed by atoms with Crippen LogP contribution in [0.15, 0.2) is 59.4 Å². The number of anilines is 1. The standard InChI is InChI=1S/C24H25F3N4O/c25-24(26,27)23(32)31-13-3-12-30(14-15-31)21-8-6-18(7-9-21)16-19-4-2-11-29-22(19)20-5-1-10-28-17-20/h1,5-10,16-17H,2-4,11-15H2. The van der Waals surface area contributed by atoms with Crippen molar-refractivity contribution < 1.29 is 18.0 Å². The Balaban J connectivity index is 1.46. The zero-order valence-corrected chi connectivity index (χ0v) is 17.7. The maximum Gasteiger partial charge on any atom is 0.471 e. The lowest BCUT2D eigenvalue weighted by molar-refractivity contribution is -0.185. The van der Waals surface area contributed by atoms with Crippen LogP contribution in [-0.4, -0.2) is 60.4 Å². The van der Waals surface area contributed by atoms with Gasteiger partial charge in [0.25, 0.3) is 0 Å². The predicted octanol–water partition coefficient (Wildman–Crippen LogP) is 4.35. The molecule has 1 fully saturated rings. The first-order valence-electron chi connectivity index (χ1n) is 10.8. The van der Waals surface area contributed by atoms with Gasteiger partial charge in [-0.15, -0.1) is 0 Å². The summed E-state index contributed by atoms with van der Waals surface area (Å²) in [6, 6.07) is 11.9. The molecule has 1 aromatic carbocycles. The first-order chi connectivity index (χ1) is 15.4. The SMILES string of the molecule is O=C(N1CCCN(c2ccc(C=C3CCCN=C3c3cccnc3)cc2)CC1)C(F)(F)F. The third-order valence-corrected chi connectivity index (χ3v) is 5.74. The van der Waals surface area contributed by atoms with Crippen LogP contribution in [0, 0.1) is 0 Å². The molecule has 4 rings (SSSR count). The van der Waals surface area contributed by atoms with Crippen LogP contribution in [0.2, 0.25) is 0 Å². The van der Waals surface area contributed by atoms with Crippen LogP contribution in [0.25, 0.3) is 6.08 Å². The lowest BCUT2D eigenvalue weighted by atomic mass is 9.95. The maximum absolute atomic E-state index is 12.7. The molecule has 0 saturated carbocycles. The number of aromatic nitrogens is 1. The van der Waals surface area contributed by atoms with E-state index in [0.29, 0.717) is 19.5 Å². The van der Waals surface area contributed by atoms with Gasteiger partial charge in [0, 0.05) is 56.4 Å². The second kappa shape index (κ2) is 9.54. The van der Waals surface area contributed by atoms with Gasteiger partial charge in [-0.1, -0.05) is 12.1 Å². The minimum Gasteiger partial charge on any atom is -0.370 e. The summed E-state index contributed by atoms with van der Waals surface area (Å²) in [6.45, 7) is 1.98. The van der Waals surface area contributed by atoms with E-state index in [1.165, 1.54) is 5.57 Å². The quantitative estimate of drug-likeness (QED) is 0.710. The fraction of sp³-hybridized carbons (Fsp3) is 0.375. The largest absolute Gasteiger partial charge is 0.471 e. The molecule has 0 N–H and O–H groups in total. The molecule has 1 aromatic heterocycles. The smallest absolute Gasteiger partial charge is 0.370 e. The molecular weight excluding hydrogens is 417 g/mol. The predicted molar refractivity (Wildman–Crippen MR) is 119 cm³/mol. The van der Waals surface area contributed by atoms with Gasteiger partial charge in [-0.3, -0.25) is 14.8 Å². The van der Waals surface area contributed by atoms with Crippen molar-refractivity contribution in [3.05, 3.63) is 65.5 Å². The Morgan fingerprint density at radius 3 is 2.53 bits per heavy atom. The average Bonchev–Trinajstić information content (AvgIpc) is 3.06. The highest BCUT2D eigenvalue weighted by molar-refractivity contribution is 6.15. The van der Waals surface area contributed by atoms with Crippen LogP contribution in [0.5, 0.6) is 0 Å². The van der Waals surface area contributed by atoms with Crippen molar-refractivity contribution in [3.8, 4) is 0 Å². The average molecular weight is 442 g/mol. The van der Waals surface area contributed by atoms with Crippen LogP contribution >= 0.6 is 0 Å². The molecule has 2 aliphatic heterocycles. The second-order valence-corrected chi connectivity index (χ2v) is 7.97. The van der Waals surface area contributed by atoms with E-state index in [2.05, 4.69) is 11.1 Å². The second-order valence-electron chi connectivity index (χ2n) is 7.97. The van der Waals surface area contributed by atoms with Gasteiger partial charge in [-0.05, 0) is 60.7 Å². The Bertz CT molecular complexity index is 1000. The lowest BCUT2D eigenvalue weighted by Crippen LogP contribution is -2.43. The highest BCUT2D eigenvalue weighted by Crippen LogP contribution is 2.25. The number of carbonyl (C=O) groups is 1. The number of allylic oxidation sites excluding steroid dienone is 1. The number of nitrogens with zero attached hydrogens (tertiary/aromatic N) is 4. The van der Waals surface area contributed by atoms with E-state index in [-0.39, 0.29) is 13.1 Å². The van der Waals surface area contributed by atoms with Gasteiger partial charge in [-0.25, -0.2) is 0 Å². The summed E-state index contributed by atoms with van der Waals surface area (Å²) >= 11 is 0. The van der Waals surface area contributed by atoms with Crippen LogP contribution in [0.3, 0.4) is 0 Å². The summed E-state index contributed by atoms with van der Waals surface area (Å²) < 4.78 is 38.2. The van der Waals surface area contributed by atoms with Gasteiger partial charge in [-0.2, -0.15) is 13.2 Å². The first-order valence-corrected chi connectivity index (χ1v) is 10.8. The van der Waals surface area contributed by atoms with Crippen molar-refractivity contribution in [2.75, 3.05) is 37.6 Å². The van der Waals surface area contributed by atoms with Crippen LogP contribution < -0.4 is 4.90 Å². The highest BCUT2D eigenvalue weighted by atomic mass is 19.4. The molecule has 2 aliphatic rings. The van der Waals surface area contributed by atoms with E-state index in [4.69, 9.17) is 4.99 Å². The van der Waals surface area contributed by atoms with E-state index >= 15 is 0 Å². The number of hydrogen-bond acceptors (Lipinski definition) is 4. The van der Waals surface area contributed by atoms with E-state index in [9.17, 15) is 18.0 Å². The molecule has 0 spiro atoms. The molecule has 5 nitrogen and oxygen atoms in total. The molecule has 2 aromatic rings. The highest BCUT2D eigenvalue weighted by Gasteiger charge is 2.42. The van der Waals surface area contributed by atoms with E-state index in [1.807, 2.05) is 47.5 Å². The van der Waals surface area contributed by atoms with Gasteiger partial charge in [0.15, 0.2) is 0 Å². The third-order valence-electron chi connectivity index (χ3n) is 5.74. The summed E-state index contributed by atoms with van der Waals surface area (Å²) in [5.74, 6) is -1.75. The molecule has 1 saturated heterocycles. The lowest BCUT2D eigenvalue weighted by Gasteiger charge is -2.24. The van der Waals surface area contributed by atoms with E-state index < -0.39 is 12.1 Å². The molecule has 32 heavy (non-hydrogen) atoms. The normalized spacial score (nSPS) is 19.0. The minimum absolute atomic E-state index is 0.0646. The molecule has 8 heteroatoms. The monoisotopic (exact) mass is 442 g/mol. The molecule has 0 radical (unpaired) electrons. The Kier molecular flexibility index (Phi) is 6.58. The summed E-state index contributed by atoms with van der Waals surface area (Å²) in [5.41, 5.74) is 5.16. The van der Waals surface area contributed by atoms with E-state index in [0.717, 1.165) is 46.8 Å². The third kappa shape index (κ3) is 5.18. The van der Waals surface area contributed by atoms with Crippen molar-refractivity contribution in [1.82, 2.24) is 9.88 Å². The molecule has 0 unspecified atom stereocenters. The van der Waals surface area contributed by atoms with Gasteiger partial charge in [0.1, 0.15) is 0 Å². The molecule has 0 atom stereocenters. The molecule has 1 amide bonds. The summed E-state index contributed by atoms with van der Waals surface area (Å²) in [7, 11) is 0. The molecule has 0 bridgehead atoms. The van der Waals surface area contributed by atoms with Crippen LogP contribution in [0.4, 0.5) is 18.9 Å². The number of hydrogen-bond donors (Lipinski definition) is 0. The number of amides is 1. The van der Waals surface area contributed by atoms with Crippen molar-refractivity contribution >= 4 is 23.4 Å². The van der Waals surface area contributed by atoms with Gasteiger partial charge >= 0.3 is 12.1 Å². The Labute approximate surface area is 185 Å². The molecular formula is C24H25F3N4O. The zero-order chi connectivity index (χ0) is 22.6. The van der Waals surface area contributed by atoms with Gasteiger partial charge in [0.05, 0.1) is 5.71 Å². The maximum atomic E-state index is 12.7. The van der Waals surface area contributed by atoms with Crippen LogP contribution in [-0.2, 0) is 4.79 Å². The first kappa shape index (κ1) is 22.0. The number of pyridine rings is 1. The number of aliphatic imine (C=N–C) groups is 1. The fourth-order valence-corrected chi connectivity index (χ4v) is 4.14. The Morgan fingerprint density at radius 2 is 1.81 bits per heavy atom. The zero-order valence-electron chi connectivity index (χ0n) is 17.7. The molecule has 168 valence electrons. The van der Waals surface area contributed by atoms with Gasteiger partial charge in [0.2, 0.25) is 0 Å². The van der Waals surface area contributed by atoms with Crippen molar-refractivity contribution in [2.24, 2.45) is 4.99 Å². The molecule has 0 aliphatic carbocycles. The summed E-state index contributed by atoms with van der Waals surface area (Å²) in [4.78, 5) is 23.4. The Morgan fingerprint density at radius 1 is 1.00 bits per heavy atom. The summed E-state index contributed by atoms with van der Waals surface area (Å²) in [6.07, 6.45) is 3.35. The number of halogens is 3. The van der Waals surface area contributed by atoms with Gasteiger partial charge < -0.3 is 9.80 Å². The number of alkyl halides is 3. The number of rotatable bonds is 3. The van der Waals surface area contributed by atoms with Crippen molar-refractivity contribution in [3.63, 3.8) is 0 Å². The molecule has 3 heterocycles. The van der Waals surface area contributed by atoms with E-state index in [1.54, 1.807) is 6.20 Å². The number of carbonyl (C=O) groups excluding carboxylic acids is 1. The fourth-order valence-electron chi connectivity index (χ4n) is 4.14.